The highest BCUT2D eigenvalue weighted by molar-refractivity contribution is 7.13. The predicted octanol–water partition coefficient (Wildman–Crippen LogP) is 4.11. The average Bonchev–Trinajstić information content (AvgIpc) is 2.91. The second kappa shape index (κ2) is 4.68. The standard InChI is InChI=1S/C15H10FNO2S/c1-8-13(15(18)19)10-7-9(16)4-5-11(10)17-14(8)12-3-2-6-20-12/h2-7H,1H3,(H,18,19). The second-order valence-electron chi connectivity index (χ2n) is 4.40. The topological polar surface area (TPSA) is 50.2 Å². The van der Waals surface area contributed by atoms with Crippen molar-refractivity contribution in [2.45, 2.75) is 6.92 Å². The molecule has 0 aliphatic carbocycles. The Balaban J connectivity index is 2.43. The highest BCUT2D eigenvalue weighted by Gasteiger charge is 2.19. The van der Waals surface area contributed by atoms with Crippen LogP contribution in [0.25, 0.3) is 21.5 Å². The van der Waals surface area contributed by atoms with Crippen molar-refractivity contribution in [2.75, 3.05) is 0 Å². The van der Waals surface area contributed by atoms with Crippen molar-refractivity contribution in [3.63, 3.8) is 0 Å². The van der Waals surface area contributed by atoms with E-state index in [2.05, 4.69) is 4.98 Å². The lowest BCUT2D eigenvalue weighted by Gasteiger charge is -2.10. The second-order valence-corrected chi connectivity index (χ2v) is 5.35. The number of hydrogen-bond acceptors (Lipinski definition) is 3. The van der Waals surface area contributed by atoms with E-state index in [1.807, 2.05) is 17.5 Å². The maximum Gasteiger partial charge on any atom is 0.336 e. The zero-order chi connectivity index (χ0) is 14.3. The van der Waals surface area contributed by atoms with Crippen LogP contribution in [0.15, 0.2) is 35.7 Å². The van der Waals surface area contributed by atoms with E-state index in [1.54, 1.807) is 6.92 Å². The first-order chi connectivity index (χ1) is 9.58. The molecule has 0 aliphatic heterocycles. The van der Waals surface area contributed by atoms with Gasteiger partial charge in [-0.2, -0.15) is 0 Å². The van der Waals surface area contributed by atoms with Crippen LogP contribution in [0.2, 0.25) is 0 Å². The van der Waals surface area contributed by atoms with E-state index < -0.39 is 11.8 Å². The lowest BCUT2D eigenvalue weighted by molar-refractivity contribution is 0.0698. The molecule has 2 aromatic heterocycles. The molecular formula is C15H10FNO2S. The Morgan fingerprint density at radius 3 is 2.80 bits per heavy atom. The van der Waals surface area contributed by atoms with Crippen molar-refractivity contribution >= 4 is 28.2 Å². The van der Waals surface area contributed by atoms with Crippen LogP contribution in [-0.4, -0.2) is 16.1 Å². The number of thiophene rings is 1. The number of hydrogen-bond donors (Lipinski definition) is 1. The maximum absolute atomic E-state index is 13.4. The summed E-state index contributed by atoms with van der Waals surface area (Å²) in [6, 6.07) is 7.79. The number of rotatable bonds is 2. The normalized spacial score (nSPS) is 10.9. The van der Waals surface area contributed by atoms with E-state index in [9.17, 15) is 14.3 Å². The van der Waals surface area contributed by atoms with Crippen molar-refractivity contribution < 1.29 is 14.3 Å². The lowest BCUT2D eigenvalue weighted by Crippen LogP contribution is -2.04. The van der Waals surface area contributed by atoms with Crippen molar-refractivity contribution in [3.8, 4) is 10.6 Å². The molecule has 3 rings (SSSR count). The molecule has 0 amide bonds. The molecule has 0 fully saturated rings. The van der Waals surface area contributed by atoms with Crippen LogP contribution in [0.5, 0.6) is 0 Å². The maximum atomic E-state index is 13.4. The largest absolute Gasteiger partial charge is 0.478 e. The summed E-state index contributed by atoms with van der Waals surface area (Å²) in [7, 11) is 0. The van der Waals surface area contributed by atoms with E-state index >= 15 is 0 Å². The number of halogens is 1. The van der Waals surface area contributed by atoms with E-state index in [4.69, 9.17) is 0 Å². The first-order valence-electron chi connectivity index (χ1n) is 5.95. The summed E-state index contributed by atoms with van der Waals surface area (Å²) >= 11 is 1.49. The summed E-state index contributed by atoms with van der Waals surface area (Å²) in [5.74, 6) is -1.54. The van der Waals surface area contributed by atoms with Crippen molar-refractivity contribution in [2.24, 2.45) is 0 Å². The van der Waals surface area contributed by atoms with Gasteiger partial charge in [-0.05, 0) is 42.1 Å². The van der Waals surface area contributed by atoms with Gasteiger partial charge in [-0.3, -0.25) is 0 Å². The number of aromatic carboxylic acids is 1. The molecule has 0 aliphatic rings. The van der Waals surface area contributed by atoms with Gasteiger partial charge in [0.1, 0.15) is 5.82 Å². The predicted molar refractivity (Wildman–Crippen MR) is 76.7 cm³/mol. The Morgan fingerprint density at radius 1 is 1.35 bits per heavy atom. The molecule has 5 heteroatoms. The molecule has 100 valence electrons. The lowest BCUT2D eigenvalue weighted by atomic mass is 10.0. The first kappa shape index (κ1) is 12.7. The number of carbonyl (C=O) groups is 1. The number of benzene rings is 1. The minimum absolute atomic E-state index is 0.109. The average molecular weight is 287 g/mol. The molecule has 2 heterocycles. The molecule has 0 saturated carbocycles. The van der Waals surface area contributed by atoms with Crippen LogP contribution >= 0.6 is 11.3 Å². The van der Waals surface area contributed by atoms with E-state index in [-0.39, 0.29) is 5.56 Å². The molecule has 3 nitrogen and oxygen atoms in total. The van der Waals surface area contributed by atoms with E-state index in [0.717, 1.165) is 4.88 Å². The van der Waals surface area contributed by atoms with Crippen LogP contribution in [0.3, 0.4) is 0 Å². The quantitative estimate of drug-likeness (QED) is 0.771. The third-order valence-corrected chi connectivity index (χ3v) is 4.04. The first-order valence-corrected chi connectivity index (χ1v) is 6.83. The van der Waals surface area contributed by atoms with Gasteiger partial charge in [0.2, 0.25) is 0 Å². The molecule has 1 N–H and O–H groups in total. The van der Waals surface area contributed by atoms with Gasteiger partial charge in [0.15, 0.2) is 0 Å². The fourth-order valence-electron chi connectivity index (χ4n) is 2.26. The van der Waals surface area contributed by atoms with Crippen molar-refractivity contribution in [1.29, 1.82) is 0 Å². The molecule has 0 atom stereocenters. The van der Waals surface area contributed by atoms with Gasteiger partial charge in [0.25, 0.3) is 0 Å². The van der Waals surface area contributed by atoms with Crippen LogP contribution in [0.4, 0.5) is 4.39 Å². The summed E-state index contributed by atoms with van der Waals surface area (Å²) in [5.41, 5.74) is 1.78. The summed E-state index contributed by atoms with van der Waals surface area (Å²) < 4.78 is 13.4. The number of pyridine rings is 1. The minimum Gasteiger partial charge on any atom is -0.478 e. The zero-order valence-electron chi connectivity index (χ0n) is 10.6. The molecule has 0 saturated heterocycles. The summed E-state index contributed by atoms with van der Waals surface area (Å²) in [4.78, 5) is 16.9. The van der Waals surface area contributed by atoms with Gasteiger partial charge < -0.3 is 5.11 Å². The number of aromatic nitrogens is 1. The third-order valence-electron chi connectivity index (χ3n) is 3.16. The summed E-state index contributed by atoms with van der Waals surface area (Å²) in [5, 5.41) is 11.7. The molecule has 0 bridgehead atoms. The highest BCUT2D eigenvalue weighted by Crippen LogP contribution is 2.32. The Bertz CT molecular complexity index is 812. The van der Waals surface area contributed by atoms with Gasteiger partial charge >= 0.3 is 5.97 Å². The number of carboxylic acids is 1. The van der Waals surface area contributed by atoms with Crippen LogP contribution in [0, 0.1) is 12.7 Å². The van der Waals surface area contributed by atoms with Gasteiger partial charge in [-0.1, -0.05) is 6.07 Å². The van der Waals surface area contributed by atoms with Gasteiger partial charge in [0, 0.05) is 5.39 Å². The number of carboxylic acid groups (broad SMARTS) is 1. The zero-order valence-corrected chi connectivity index (χ0v) is 11.4. The van der Waals surface area contributed by atoms with E-state index in [0.29, 0.717) is 22.2 Å². The van der Waals surface area contributed by atoms with Crippen LogP contribution < -0.4 is 0 Å². The third kappa shape index (κ3) is 1.96. The van der Waals surface area contributed by atoms with Gasteiger partial charge in [-0.25, -0.2) is 14.2 Å². The Kier molecular flexibility index (Phi) is 2.99. The van der Waals surface area contributed by atoms with Crippen molar-refractivity contribution in [3.05, 3.63) is 52.7 Å². The Hall–Kier alpha value is -2.27. The minimum atomic E-state index is -1.07. The Labute approximate surface area is 118 Å². The van der Waals surface area contributed by atoms with Gasteiger partial charge in [-0.15, -0.1) is 11.3 Å². The van der Waals surface area contributed by atoms with Gasteiger partial charge in [0.05, 0.1) is 21.7 Å². The molecular weight excluding hydrogens is 277 g/mol. The molecule has 20 heavy (non-hydrogen) atoms. The molecule has 3 aromatic rings. The van der Waals surface area contributed by atoms with Crippen LogP contribution in [-0.2, 0) is 0 Å². The number of nitrogens with zero attached hydrogens (tertiary/aromatic N) is 1. The molecule has 0 spiro atoms. The Morgan fingerprint density at radius 2 is 2.15 bits per heavy atom. The smallest absolute Gasteiger partial charge is 0.336 e. The monoisotopic (exact) mass is 287 g/mol. The summed E-state index contributed by atoms with van der Waals surface area (Å²) in [6.07, 6.45) is 0. The fraction of sp³-hybridized carbons (Fsp3) is 0.0667. The molecule has 1 aromatic carbocycles. The SMILES string of the molecule is Cc1c(-c2cccs2)nc2ccc(F)cc2c1C(=O)O. The summed E-state index contributed by atoms with van der Waals surface area (Å²) in [6.45, 7) is 1.70. The van der Waals surface area contributed by atoms with E-state index in [1.165, 1.54) is 29.5 Å². The molecule has 0 radical (unpaired) electrons. The molecule has 0 unspecified atom stereocenters. The van der Waals surface area contributed by atoms with Crippen LogP contribution in [0.1, 0.15) is 15.9 Å². The van der Waals surface area contributed by atoms with Crippen molar-refractivity contribution in [1.82, 2.24) is 4.98 Å². The number of fused-ring (bicyclic) bond motifs is 1. The highest BCUT2D eigenvalue weighted by atomic mass is 32.1. The fourth-order valence-corrected chi connectivity index (χ4v) is 3.03.